The first-order chi connectivity index (χ1) is 8.04. The molecule has 2 aliphatic carbocycles. The van der Waals surface area contributed by atoms with Crippen molar-refractivity contribution in [1.82, 2.24) is 0 Å². The lowest BCUT2D eigenvalue weighted by atomic mass is 9.62. The SMILES string of the molecule is CC1=C[C@@]23OC(=O)C(C)=C2CC[C@@H](C)[C@@H]3CC1. The summed E-state index contributed by atoms with van der Waals surface area (Å²) in [5.41, 5.74) is 3.15. The Balaban J connectivity index is 2.16. The Morgan fingerprint density at radius 2 is 2.06 bits per heavy atom. The maximum atomic E-state index is 11.9. The van der Waals surface area contributed by atoms with Gasteiger partial charge in [-0.1, -0.05) is 12.5 Å². The number of rotatable bonds is 0. The maximum absolute atomic E-state index is 11.9. The van der Waals surface area contributed by atoms with E-state index in [4.69, 9.17) is 4.74 Å². The smallest absolute Gasteiger partial charge is 0.335 e. The molecule has 0 aromatic rings. The van der Waals surface area contributed by atoms with E-state index in [0.29, 0.717) is 11.8 Å². The third-order valence-electron chi connectivity index (χ3n) is 4.89. The molecule has 0 radical (unpaired) electrons. The molecule has 0 aromatic heterocycles. The molecule has 1 heterocycles. The van der Waals surface area contributed by atoms with Crippen molar-refractivity contribution >= 4 is 5.97 Å². The van der Waals surface area contributed by atoms with Crippen molar-refractivity contribution in [3.8, 4) is 0 Å². The Kier molecular flexibility index (Phi) is 2.26. The summed E-state index contributed by atoms with van der Waals surface area (Å²) in [7, 11) is 0. The number of hydrogen-bond donors (Lipinski definition) is 0. The summed E-state index contributed by atoms with van der Waals surface area (Å²) in [4.78, 5) is 11.9. The predicted octanol–water partition coefficient (Wildman–Crippen LogP) is 3.38. The fraction of sp³-hybridized carbons (Fsp3) is 0.667. The molecule has 3 rings (SSSR count). The van der Waals surface area contributed by atoms with Gasteiger partial charge in [0.15, 0.2) is 5.60 Å². The van der Waals surface area contributed by atoms with Gasteiger partial charge < -0.3 is 4.74 Å². The topological polar surface area (TPSA) is 26.3 Å². The van der Waals surface area contributed by atoms with Gasteiger partial charge in [-0.15, -0.1) is 0 Å². The quantitative estimate of drug-likeness (QED) is 0.472. The molecular weight excluding hydrogens is 212 g/mol. The summed E-state index contributed by atoms with van der Waals surface area (Å²) in [6, 6.07) is 0. The van der Waals surface area contributed by atoms with E-state index in [-0.39, 0.29) is 11.6 Å². The number of hydrogen-bond acceptors (Lipinski definition) is 2. The molecule has 1 saturated carbocycles. The van der Waals surface area contributed by atoms with Crippen LogP contribution in [0.2, 0.25) is 0 Å². The molecule has 1 spiro atoms. The Morgan fingerprint density at radius 1 is 1.29 bits per heavy atom. The molecule has 3 atom stereocenters. The van der Waals surface area contributed by atoms with Crippen LogP contribution in [0.1, 0.15) is 46.5 Å². The molecular formula is C15H20O2. The monoisotopic (exact) mass is 232 g/mol. The van der Waals surface area contributed by atoms with Gasteiger partial charge in [0.05, 0.1) is 0 Å². The minimum Gasteiger partial charge on any atom is -0.447 e. The normalized spacial score (nSPS) is 40.6. The lowest BCUT2D eigenvalue weighted by Gasteiger charge is -2.46. The first kappa shape index (κ1) is 11.1. The zero-order valence-corrected chi connectivity index (χ0v) is 10.9. The molecule has 2 heteroatoms. The largest absolute Gasteiger partial charge is 0.447 e. The fourth-order valence-electron chi connectivity index (χ4n) is 3.93. The summed E-state index contributed by atoms with van der Waals surface area (Å²) in [6.07, 6.45) is 6.77. The third-order valence-corrected chi connectivity index (χ3v) is 4.89. The minimum absolute atomic E-state index is 0.0925. The van der Waals surface area contributed by atoms with E-state index in [1.165, 1.54) is 17.6 Å². The molecule has 0 N–H and O–H groups in total. The van der Waals surface area contributed by atoms with Crippen LogP contribution in [-0.4, -0.2) is 11.6 Å². The van der Waals surface area contributed by atoms with Gasteiger partial charge in [-0.3, -0.25) is 0 Å². The molecule has 0 aromatic carbocycles. The highest BCUT2D eigenvalue weighted by molar-refractivity contribution is 5.93. The van der Waals surface area contributed by atoms with E-state index >= 15 is 0 Å². The number of esters is 1. The van der Waals surface area contributed by atoms with Crippen molar-refractivity contribution in [2.24, 2.45) is 11.8 Å². The lowest BCUT2D eigenvalue weighted by molar-refractivity contribution is -0.150. The molecule has 2 nitrogen and oxygen atoms in total. The van der Waals surface area contributed by atoms with Gasteiger partial charge in [0.1, 0.15) is 0 Å². The van der Waals surface area contributed by atoms with Gasteiger partial charge in [-0.2, -0.15) is 0 Å². The average molecular weight is 232 g/mol. The first-order valence-electron chi connectivity index (χ1n) is 6.66. The van der Waals surface area contributed by atoms with Crippen LogP contribution < -0.4 is 0 Å². The van der Waals surface area contributed by atoms with Crippen LogP contribution >= 0.6 is 0 Å². The van der Waals surface area contributed by atoms with E-state index in [1.54, 1.807) is 0 Å². The van der Waals surface area contributed by atoms with Gasteiger partial charge >= 0.3 is 5.97 Å². The molecule has 3 aliphatic rings. The van der Waals surface area contributed by atoms with Crippen molar-refractivity contribution in [2.45, 2.75) is 52.1 Å². The second kappa shape index (κ2) is 3.47. The zero-order chi connectivity index (χ0) is 12.2. The average Bonchev–Trinajstić information content (AvgIpc) is 2.50. The van der Waals surface area contributed by atoms with Gasteiger partial charge in [0.2, 0.25) is 0 Å². The first-order valence-corrected chi connectivity index (χ1v) is 6.66. The molecule has 0 bridgehead atoms. The highest BCUT2D eigenvalue weighted by Gasteiger charge is 2.54. The van der Waals surface area contributed by atoms with Crippen LogP contribution in [0.15, 0.2) is 22.8 Å². The molecule has 0 amide bonds. The predicted molar refractivity (Wildman–Crippen MR) is 66.4 cm³/mol. The van der Waals surface area contributed by atoms with Crippen molar-refractivity contribution in [3.05, 3.63) is 22.8 Å². The van der Waals surface area contributed by atoms with Gasteiger partial charge in [-0.25, -0.2) is 4.79 Å². The summed E-state index contributed by atoms with van der Waals surface area (Å²) in [5, 5.41) is 0. The third kappa shape index (κ3) is 1.36. The number of ether oxygens (including phenoxy) is 1. The van der Waals surface area contributed by atoms with E-state index in [9.17, 15) is 4.79 Å². The van der Waals surface area contributed by atoms with Crippen molar-refractivity contribution in [2.75, 3.05) is 0 Å². The van der Waals surface area contributed by atoms with Crippen LogP contribution in [-0.2, 0) is 9.53 Å². The minimum atomic E-state index is -0.360. The molecule has 1 aliphatic heterocycles. The second-order valence-electron chi connectivity index (χ2n) is 5.94. The second-order valence-corrected chi connectivity index (χ2v) is 5.94. The maximum Gasteiger partial charge on any atom is 0.335 e. The van der Waals surface area contributed by atoms with Crippen LogP contribution in [0.4, 0.5) is 0 Å². The van der Waals surface area contributed by atoms with Crippen LogP contribution in [0.25, 0.3) is 0 Å². The highest BCUT2D eigenvalue weighted by atomic mass is 16.6. The van der Waals surface area contributed by atoms with Crippen LogP contribution in [0.5, 0.6) is 0 Å². The van der Waals surface area contributed by atoms with Crippen LogP contribution in [0.3, 0.4) is 0 Å². The lowest BCUT2D eigenvalue weighted by Crippen LogP contribution is -2.47. The zero-order valence-electron chi connectivity index (χ0n) is 10.9. The van der Waals surface area contributed by atoms with Crippen LogP contribution in [0, 0.1) is 11.8 Å². The molecule has 92 valence electrons. The summed E-state index contributed by atoms with van der Waals surface area (Å²) in [5.74, 6) is 1.06. The summed E-state index contributed by atoms with van der Waals surface area (Å²) < 4.78 is 5.82. The molecule has 0 unspecified atom stereocenters. The number of carbonyl (C=O) groups is 1. The van der Waals surface area contributed by atoms with Crippen molar-refractivity contribution in [3.63, 3.8) is 0 Å². The van der Waals surface area contributed by atoms with Gasteiger partial charge in [-0.05, 0) is 57.1 Å². The Morgan fingerprint density at radius 3 is 2.82 bits per heavy atom. The highest BCUT2D eigenvalue weighted by Crippen LogP contribution is 2.54. The van der Waals surface area contributed by atoms with E-state index in [1.807, 2.05) is 6.92 Å². The Hall–Kier alpha value is -1.05. The van der Waals surface area contributed by atoms with E-state index < -0.39 is 0 Å². The Labute approximate surface area is 103 Å². The van der Waals surface area contributed by atoms with Crippen molar-refractivity contribution in [1.29, 1.82) is 0 Å². The van der Waals surface area contributed by atoms with E-state index in [0.717, 1.165) is 24.8 Å². The summed E-state index contributed by atoms with van der Waals surface area (Å²) >= 11 is 0. The Bertz CT molecular complexity index is 444. The summed E-state index contributed by atoms with van der Waals surface area (Å²) in [6.45, 7) is 6.39. The fourth-order valence-corrected chi connectivity index (χ4v) is 3.93. The van der Waals surface area contributed by atoms with Crippen molar-refractivity contribution < 1.29 is 9.53 Å². The molecule has 1 fully saturated rings. The molecule has 0 saturated heterocycles. The standard InChI is InChI=1S/C15H20O2/c1-9-4-6-12-10(2)5-7-13-11(3)14(16)17-15(12,13)8-9/h8,10,12H,4-7H2,1-3H3/t10-,12+,15+/m1/s1. The van der Waals surface area contributed by atoms with E-state index in [2.05, 4.69) is 19.9 Å². The number of carbonyl (C=O) groups excluding carboxylic acids is 1. The van der Waals surface area contributed by atoms with Gasteiger partial charge in [0.25, 0.3) is 0 Å². The van der Waals surface area contributed by atoms with Gasteiger partial charge in [0, 0.05) is 11.5 Å². The molecule has 17 heavy (non-hydrogen) atoms. The number of allylic oxidation sites excluding steroid dienone is 1.